The van der Waals surface area contributed by atoms with Crippen molar-refractivity contribution in [2.75, 3.05) is 5.32 Å². The fourth-order valence-corrected chi connectivity index (χ4v) is 2.70. The SMILES string of the molecule is Cc1ccccc1CNc1ccc(-c2nc(-c3cccc(F)c3)no2)cn1. The second kappa shape index (κ2) is 7.37. The summed E-state index contributed by atoms with van der Waals surface area (Å²) in [6.07, 6.45) is 1.67. The van der Waals surface area contributed by atoms with Crippen LogP contribution in [0.4, 0.5) is 10.2 Å². The molecule has 1 N–H and O–H groups in total. The lowest BCUT2D eigenvalue weighted by atomic mass is 10.1. The van der Waals surface area contributed by atoms with Crippen molar-refractivity contribution >= 4 is 5.82 Å². The minimum Gasteiger partial charge on any atom is -0.366 e. The van der Waals surface area contributed by atoms with Crippen LogP contribution >= 0.6 is 0 Å². The van der Waals surface area contributed by atoms with Crippen molar-refractivity contribution in [3.05, 3.63) is 83.8 Å². The van der Waals surface area contributed by atoms with Gasteiger partial charge >= 0.3 is 0 Å². The highest BCUT2D eigenvalue weighted by molar-refractivity contribution is 5.60. The van der Waals surface area contributed by atoms with Crippen molar-refractivity contribution < 1.29 is 8.91 Å². The molecule has 0 saturated carbocycles. The van der Waals surface area contributed by atoms with Gasteiger partial charge in [-0.25, -0.2) is 9.37 Å². The summed E-state index contributed by atoms with van der Waals surface area (Å²) in [4.78, 5) is 8.72. The van der Waals surface area contributed by atoms with E-state index in [0.717, 1.165) is 5.82 Å². The predicted molar refractivity (Wildman–Crippen MR) is 101 cm³/mol. The second-order valence-corrected chi connectivity index (χ2v) is 6.15. The van der Waals surface area contributed by atoms with Crippen molar-refractivity contribution in [1.29, 1.82) is 0 Å². The van der Waals surface area contributed by atoms with Gasteiger partial charge in [0, 0.05) is 18.3 Å². The fraction of sp³-hybridized carbons (Fsp3) is 0.0952. The van der Waals surface area contributed by atoms with Gasteiger partial charge in [0.05, 0.1) is 5.56 Å². The molecule has 0 amide bonds. The number of nitrogens with one attached hydrogen (secondary N) is 1. The lowest BCUT2D eigenvalue weighted by molar-refractivity contribution is 0.432. The molecule has 134 valence electrons. The van der Waals surface area contributed by atoms with Gasteiger partial charge in [-0.15, -0.1) is 0 Å². The van der Waals surface area contributed by atoms with Gasteiger partial charge in [0.15, 0.2) is 0 Å². The molecule has 2 aromatic carbocycles. The summed E-state index contributed by atoms with van der Waals surface area (Å²) in [6, 6.07) is 18.0. The van der Waals surface area contributed by atoms with Gasteiger partial charge in [-0.3, -0.25) is 0 Å². The Kier molecular flexibility index (Phi) is 4.61. The van der Waals surface area contributed by atoms with Crippen molar-refractivity contribution in [3.8, 4) is 22.8 Å². The molecule has 0 radical (unpaired) electrons. The van der Waals surface area contributed by atoms with E-state index in [4.69, 9.17) is 4.52 Å². The van der Waals surface area contributed by atoms with Gasteiger partial charge < -0.3 is 9.84 Å². The van der Waals surface area contributed by atoms with Crippen molar-refractivity contribution in [2.24, 2.45) is 0 Å². The monoisotopic (exact) mass is 360 g/mol. The first-order valence-electron chi connectivity index (χ1n) is 8.53. The summed E-state index contributed by atoms with van der Waals surface area (Å²) in [5.74, 6) is 1.09. The molecule has 0 bridgehead atoms. The summed E-state index contributed by atoms with van der Waals surface area (Å²) in [7, 11) is 0. The van der Waals surface area contributed by atoms with Crippen LogP contribution < -0.4 is 5.32 Å². The Morgan fingerprint density at radius 2 is 1.89 bits per heavy atom. The zero-order valence-corrected chi connectivity index (χ0v) is 14.7. The summed E-state index contributed by atoms with van der Waals surface area (Å²) in [5.41, 5.74) is 3.72. The number of anilines is 1. The second-order valence-electron chi connectivity index (χ2n) is 6.15. The molecule has 0 atom stereocenters. The first kappa shape index (κ1) is 16.9. The van der Waals surface area contributed by atoms with Crippen LogP contribution in [0, 0.1) is 12.7 Å². The van der Waals surface area contributed by atoms with Gasteiger partial charge in [-0.05, 0) is 42.3 Å². The maximum Gasteiger partial charge on any atom is 0.259 e. The fourth-order valence-electron chi connectivity index (χ4n) is 2.70. The Hall–Kier alpha value is -3.54. The molecular weight excluding hydrogens is 343 g/mol. The Morgan fingerprint density at radius 1 is 1.00 bits per heavy atom. The third kappa shape index (κ3) is 3.84. The average Bonchev–Trinajstić information content (AvgIpc) is 3.18. The Bertz CT molecular complexity index is 1060. The summed E-state index contributed by atoms with van der Waals surface area (Å²) in [6.45, 7) is 2.78. The van der Waals surface area contributed by atoms with Crippen LogP contribution in [-0.2, 0) is 6.54 Å². The van der Waals surface area contributed by atoms with Gasteiger partial charge in [-0.2, -0.15) is 4.98 Å². The standard InChI is InChI=1S/C21H17FN4O/c1-14-5-2-3-6-16(14)12-23-19-10-9-17(13-24-19)21-25-20(26-27-21)15-7-4-8-18(22)11-15/h2-11,13H,12H2,1H3,(H,23,24). The normalized spacial score (nSPS) is 10.7. The van der Waals surface area contributed by atoms with E-state index in [1.54, 1.807) is 18.3 Å². The molecule has 5 nitrogen and oxygen atoms in total. The number of nitrogens with zero attached hydrogens (tertiary/aromatic N) is 3. The third-order valence-electron chi connectivity index (χ3n) is 4.24. The number of aryl methyl sites for hydroxylation is 1. The number of pyridine rings is 1. The predicted octanol–water partition coefficient (Wildman–Crippen LogP) is 4.86. The van der Waals surface area contributed by atoms with Crippen molar-refractivity contribution in [3.63, 3.8) is 0 Å². The van der Waals surface area contributed by atoms with E-state index in [1.807, 2.05) is 24.3 Å². The van der Waals surface area contributed by atoms with E-state index in [2.05, 4.69) is 39.5 Å². The van der Waals surface area contributed by atoms with Crippen LogP contribution in [0.1, 0.15) is 11.1 Å². The van der Waals surface area contributed by atoms with E-state index in [9.17, 15) is 4.39 Å². The Balaban J connectivity index is 1.47. The Morgan fingerprint density at radius 3 is 2.67 bits per heavy atom. The van der Waals surface area contributed by atoms with Crippen LogP contribution in [0.25, 0.3) is 22.8 Å². The molecule has 4 aromatic rings. The van der Waals surface area contributed by atoms with Gasteiger partial charge in [0.1, 0.15) is 11.6 Å². The minimum absolute atomic E-state index is 0.339. The largest absolute Gasteiger partial charge is 0.366 e. The lowest BCUT2D eigenvalue weighted by Gasteiger charge is -2.08. The number of rotatable bonds is 5. The molecule has 6 heteroatoms. The van der Waals surface area contributed by atoms with E-state index >= 15 is 0 Å². The molecule has 2 heterocycles. The van der Waals surface area contributed by atoms with Crippen LogP contribution in [0.5, 0.6) is 0 Å². The topological polar surface area (TPSA) is 63.8 Å². The summed E-state index contributed by atoms with van der Waals surface area (Å²) >= 11 is 0. The van der Waals surface area contributed by atoms with Gasteiger partial charge in [0.25, 0.3) is 5.89 Å². The van der Waals surface area contributed by atoms with Gasteiger partial charge in [0.2, 0.25) is 5.82 Å². The van der Waals surface area contributed by atoms with Gasteiger partial charge in [-0.1, -0.05) is 41.6 Å². The molecule has 27 heavy (non-hydrogen) atoms. The highest BCUT2D eigenvalue weighted by Gasteiger charge is 2.11. The minimum atomic E-state index is -0.343. The first-order chi connectivity index (χ1) is 13.2. The smallest absolute Gasteiger partial charge is 0.259 e. The molecule has 2 aromatic heterocycles. The molecule has 0 aliphatic carbocycles. The van der Waals surface area contributed by atoms with Crippen LogP contribution in [0.2, 0.25) is 0 Å². The third-order valence-corrected chi connectivity index (χ3v) is 4.24. The van der Waals surface area contributed by atoms with Crippen molar-refractivity contribution in [1.82, 2.24) is 15.1 Å². The molecule has 0 aliphatic heterocycles. The molecule has 4 rings (SSSR count). The molecular formula is C21H17FN4O. The summed E-state index contributed by atoms with van der Waals surface area (Å²) < 4.78 is 18.6. The average molecular weight is 360 g/mol. The molecule has 0 aliphatic rings. The highest BCUT2D eigenvalue weighted by atomic mass is 19.1. The zero-order valence-electron chi connectivity index (χ0n) is 14.7. The number of hydrogen-bond acceptors (Lipinski definition) is 5. The molecule has 0 spiro atoms. The van der Waals surface area contributed by atoms with E-state index in [1.165, 1.54) is 23.3 Å². The first-order valence-corrected chi connectivity index (χ1v) is 8.53. The quantitative estimate of drug-likeness (QED) is 0.551. The number of aromatic nitrogens is 3. The zero-order chi connectivity index (χ0) is 18.6. The Labute approximate surface area is 155 Å². The molecule has 0 unspecified atom stereocenters. The molecule has 0 fully saturated rings. The maximum absolute atomic E-state index is 13.3. The molecule has 0 saturated heterocycles. The lowest BCUT2D eigenvalue weighted by Crippen LogP contribution is -2.02. The maximum atomic E-state index is 13.3. The number of hydrogen-bond donors (Lipinski definition) is 1. The highest BCUT2D eigenvalue weighted by Crippen LogP contribution is 2.23. The van der Waals surface area contributed by atoms with E-state index in [0.29, 0.717) is 29.4 Å². The van der Waals surface area contributed by atoms with Crippen LogP contribution in [0.15, 0.2) is 71.4 Å². The number of benzene rings is 2. The summed E-state index contributed by atoms with van der Waals surface area (Å²) in [5, 5.41) is 7.21. The van der Waals surface area contributed by atoms with Crippen LogP contribution in [-0.4, -0.2) is 15.1 Å². The van der Waals surface area contributed by atoms with E-state index in [-0.39, 0.29) is 5.82 Å². The number of halogens is 1. The van der Waals surface area contributed by atoms with Crippen LogP contribution in [0.3, 0.4) is 0 Å². The van der Waals surface area contributed by atoms with E-state index < -0.39 is 0 Å². The van der Waals surface area contributed by atoms with Crippen molar-refractivity contribution in [2.45, 2.75) is 13.5 Å².